The maximum absolute atomic E-state index is 13.8. The molecular formula is C24H23FO3S. The van der Waals surface area contributed by atoms with Crippen LogP contribution in [0, 0.1) is 5.82 Å². The van der Waals surface area contributed by atoms with Gasteiger partial charge in [0, 0.05) is 5.56 Å². The zero-order chi connectivity index (χ0) is 20.3. The molecule has 1 aliphatic rings. The Morgan fingerprint density at radius 3 is 2.10 bits per heavy atom. The van der Waals surface area contributed by atoms with Crippen LogP contribution < -0.4 is 4.74 Å². The Balaban J connectivity index is 1.60. The second-order valence-corrected chi connectivity index (χ2v) is 9.68. The molecule has 1 fully saturated rings. The Hall–Kier alpha value is -2.66. The van der Waals surface area contributed by atoms with Crippen molar-refractivity contribution in [2.24, 2.45) is 0 Å². The molecule has 0 amide bonds. The number of hydrogen-bond acceptors (Lipinski definition) is 3. The van der Waals surface area contributed by atoms with Crippen LogP contribution >= 0.6 is 0 Å². The van der Waals surface area contributed by atoms with Crippen molar-refractivity contribution >= 4 is 9.84 Å². The highest BCUT2D eigenvalue weighted by Gasteiger charge is 2.48. The van der Waals surface area contributed by atoms with E-state index in [4.69, 9.17) is 4.74 Å². The monoisotopic (exact) mass is 410 g/mol. The van der Waals surface area contributed by atoms with Gasteiger partial charge in [0.05, 0.1) is 4.90 Å². The lowest BCUT2D eigenvalue weighted by Gasteiger charge is -2.29. The van der Waals surface area contributed by atoms with Crippen molar-refractivity contribution in [1.82, 2.24) is 0 Å². The standard InChI is InChI=1S/C24H23FO3S/c25-23-11-5-4-8-19(23)18-28-21-14-12-20(13-15-21)24(16-6-7-17-24)29(26,27)22-9-2-1-3-10-22/h1-5,8-15H,6-7,16-18H2. The van der Waals surface area contributed by atoms with Gasteiger partial charge < -0.3 is 4.74 Å². The third-order valence-corrected chi connectivity index (χ3v) is 8.28. The molecule has 0 radical (unpaired) electrons. The molecule has 0 unspecified atom stereocenters. The summed E-state index contributed by atoms with van der Waals surface area (Å²) in [6.45, 7) is 0.124. The van der Waals surface area contributed by atoms with Gasteiger partial charge in [0.15, 0.2) is 9.84 Å². The van der Waals surface area contributed by atoms with E-state index in [1.165, 1.54) is 6.07 Å². The Morgan fingerprint density at radius 2 is 1.45 bits per heavy atom. The first-order valence-corrected chi connectivity index (χ1v) is 11.3. The summed E-state index contributed by atoms with van der Waals surface area (Å²) < 4.78 is 45.6. The van der Waals surface area contributed by atoms with Gasteiger partial charge in [0.2, 0.25) is 0 Å². The van der Waals surface area contributed by atoms with Gasteiger partial charge in [-0.15, -0.1) is 0 Å². The lowest BCUT2D eigenvalue weighted by Crippen LogP contribution is -2.33. The van der Waals surface area contributed by atoms with E-state index in [9.17, 15) is 12.8 Å². The minimum Gasteiger partial charge on any atom is -0.489 e. The summed E-state index contributed by atoms with van der Waals surface area (Å²) in [6.07, 6.45) is 2.99. The number of halogens is 1. The van der Waals surface area contributed by atoms with Crippen molar-refractivity contribution in [3.63, 3.8) is 0 Å². The van der Waals surface area contributed by atoms with E-state index >= 15 is 0 Å². The first-order chi connectivity index (χ1) is 14.0. The van der Waals surface area contributed by atoms with Gasteiger partial charge in [0.25, 0.3) is 0 Å². The Kier molecular flexibility index (Phi) is 5.41. The minimum atomic E-state index is -3.52. The smallest absolute Gasteiger partial charge is 0.188 e. The molecule has 5 heteroatoms. The summed E-state index contributed by atoms with van der Waals surface area (Å²) in [5.74, 6) is 0.283. The summed E-state index contributed by atoms with van der Waals surface area (Å²) in [4.78, 5) is 0.363. The van der Waals surface area contributed by atoms with E-state index in [1.54, 1.807) is 54.6 Å². The van der Waals surface area contributed by atoms with Gasteiger partial charge in [-0.25, -0.2) is 12.8 Å². The van der Waals surface area contributed by atoms with E-state index in [2.05, 4.69) is 0 Å². The van der Waals surface area contributed by atoms with Crippen LogP contribution in [0.3, 0.4) is 0 Å². The molecule has 1 saturated carbocycles. The van der Waals surface area contributed by atoms with Crippen molar-refractivity contribution in [2.45, 2.75) is 41.9 Å². The molecule has 0 aliphatic heterocycles. The van der Waals surface area contributed by atoms with Crippen LogP contribution in [0.25, 0.3) is 0 Å². The van der Waals surface area contributed by atoms with Gasteiger partial charge in [-0.05, 0) is 48.7 Å². The highest BCUT2D eigenvalue weighted by molar-refractivity contribution is 7.92. The molecular weight excluding hydrogens is 387 g/mol. The molecule has 0 spiro atoms. The van der Waals surface area contributed by atoms with Crippen LogP contribution in [0.2, 0.25) is 0 Å². The highest BCUT2D eigenvalue weighted by Crippen LogP contribution is 2.48. The fourth-order valence-electron chi connectivity index (χ4n) is 4.12. The molecule has 0 bridgehead atoms. The maximum Gasteiger partial charge on any atom is 0.188 e. The molecule has 0 aromatic heterocycles. The first kappa shape index (κ1) is 19.6. The number of sulfone groups is 1. The Labute approximate surface area is 171 Å². The van der Waals surface area contributed by atoms with Gasteiger partial charge in [-0.3, -0.25) is 0 Å². The van der Waals surface area contributed by atoms with Crippen LogP contribution in [0.4, 0.5) is 4.39 Å². The third-order valence-electron chi connectivity index (χ3n) is 5.71. The fraction of sp³-hybridized carbons (Fsp3) is 0.250. The third kappa shape index (κ3) is 3.67. The SMILES string of the molecule is O=S(=O)(c1ccccc1)C1(c2ccc(OCc3ccccc3F)cc2)CCCC1. The largest absolute Gasteiger partial charge is 0.489 e. The molecule has 3 nitrogen and oxygen atoms in total. The van der Waals surface area contributed by atoms with E-state index in [-0.39, 0.29) is 12.4 Å². The quantitative estimate of drug-likeness (QED) is 0.528. The maximum atomic E-state index is 13.8. The number of benzene rings is 3. The Bertz CT molecular complexity index is 1070. The van der Waals surface area contributed by atoms with Gasteiger partial charge in [0.1, 0.15) is 22.9 Å². The highest BCUT2D eigenvalue weighted by atomic mass is 32.2. The van der Waals surface area contributed by atoms with E-state index < -0.39 is 14.6 Å². The van der Waals surface area contributed by atoms with Crippen LogP contribution in [-0.4, -0.2) is 8.42 Å². The summed E-state index contributed by atoms with van der Waals surface area (Å²) in [7, 11) is -3.52. The van der Waals surface area contributed by atoms with Crippen LogP contribution in [0.15, 0.2) is 83.8 Å². The molecule has 3 aromatic rings. The van der Waals surface area contributed by atoms with Crippen molar-refractivity contribution in [3.05, 3.63) is 95.8 Å². The second kappa shape index (κ2) is 7.99. The number of rotatable bonds is 6. The van der Waals surface area contributed by atoms with Crippen LogP contribution in [-0.2, 0) is 21.2 Å². The van der Waals surface area contributed by atoms with Gasteiger partial charge >= 0.3 is 0 Å². The van der Waals surface area contributed by atoms with Crippen molar-refractivity contribution in [1.29, 1.82) is 0 Å². The van der Waals surface area contributed by atoms with E-state index in [1.807, 2.05) is 18.2 Å². The summed E-state index contributed by atoms with van der Waals surface area (Å²) in [6, 6.07) is 22.4. The molecule has 3 aromatic carbocycles. The van der Waals surface area contributed by atoms with Crippen molar-refractivity contribution in [3.8, 4) is 5.75 Å². The summed E-state index contributed by atoms with van der Waals surface area (Å²) >= 11 is 0. The minimum absolute atomic E-state index is 0.124. The van der Waals surface area contributed by atoms with Crippen LogP contribution in [0.1, 0.15) is 36.8 Å². The molecule has 0 atom stereocenters. The molecule has 4 rings (SSSR count). The molecule has 1 aliphatic carbocycles. The first-order valence-electron chi connectivity index (χ1n) is 9.79. The molecule has 0 N–H and O–H groups in total. The second-order valence-electron chi connectivity index (χ2n) is 7.42. The van der Waals surface area contributed by atoms with Gasteiger partial charge in [-0.2, -0.15) is 0 Å². The van der Waals surface area contributed by atoms with Crippen molar-refractivity contribution in [2.75, 3.05) is 0 Å². The predicted octanol–water partition coefficient (Wildman–Crippen LogP) is 5.65. The Morgan fingerprint density at radius 1 is 0.828 bits per heavy atom. The van der Waals surface area contributed by atoms with Gasteiger partial charge in [-0.1, -0.05) is 61.4 Å². The topological polar surface area (TPSA) is 43.4 Å². The molecule has 0 heterocycles. The molecule has 0 saturated heterocycles. The van der Waals surface area contributed by atoms with Crippen LogP contribution in [0.5, 0.6) is 5.75 Å². The van der Waals surface area contributed by atoms with Crippen molar-refractivity contribution < 1.29 is 17.5 Å². The zero-order valence-corrected chi connectivity index (χ0v) is 16.9. The lowest BCUT2D eigenvalue weighted by molar-refractivity contribution is 0.299. The van der Waals surface area contributed by atoms with E-state index in [0.29, 0.717) is 29.1 Å². The normalized spacial score (nSPS) is 15.9. The molecule has 29 heavy (non-hydrogen) atoms. The molecule has 150 valence electrons. The number of ether oxygens (including phenoxy) is 1. The average Bonchev–Trinajstić information content (AvgIpc) is 3.26. The lowest BCUT2D eigenvalue weighted by atomic mass is 9.96. The summed E-state index contributed by atoms with van der Waals surface area (Å²) in [5.41, 5.74) is 1.27. The average molecular weight is 411 g/mol. The predicted molar refractivity (Wildman–Crippen MR) is 111 cm³/mol. The number of hydrogen-bond donors (Lipinski definition) is 0. The summed E-state index contributed by atoms with van der Waals surface area (Å²) in [5, 5.41) is 0. The van der Waals surface area contributed by atoms with E-state index in [0.717, 1.165) is 18.4 Å². The fourth-order valence-corrected chi connectivity index (χ4v) is 6.35. The zero-order valence-electron chi connectivity index (χ0n) is 16.1.